The summed E-state index contributed by atoms with van der Waals surface area (Å²) in [4.78, 5) is 0. The molecule has 0 aromatic carbocycles. The van der Waals surface area contributed by atoms with Crippen LogP contribution in [0.3, 0.4) is 0 Å². The van der Waals surface area contributed by atoms with Crippen LogP contribution in [0.25, 0.3) is 0 Å². The fourth-order valence-electron chi connectivity index (χ4n) is 0.876. The summed E-state index contributed by atoms with van der Waals surface area (Å²) in [5.41, 5.74) is 0. The molecule has 20 heavy (non-hydrogen) atoms. The molecule has 0 bridgehead atoms. The Morgan fingerprint density at radius 1 is 1.05 bits per heavy atom. The summed E-state index contributed by atoms with van der Waals surface area (Å²) in [6, 6.07) is 0.593. The van der Waals surface area contributed by atoms with E-state index in [-0.39, 0.29) is 0 Å². The predicted octanol–water partition coefficient (Wildman–Crippen LogP) is 2.67. The van der Waals surface area contributed by atoms with Crippen molar-refractivity contribution in [1.82, 2.24) is 4.67 Å². The minimum absolute atomic E-state index is 0.593. The van der Waals surface area contributed by atoms with E-state index in [1.807, 2.05) is 0 Å². The van der Waals surface area contributed by atoms with E-state index in [1.165, 1.54) is 6.42 Å². The molecular formula is C13H16FeNO4P. The monoisotopic (exact) mass is 337 g/mol. The first kappa shape index (κ1) is 31.6. The third-order valence-electron chi connectivity index (χ3n) is 1.65. The van der Waals surface area contributed by atoms with Crippen LogP contribution < -0.4 is 0 Å². The number of unbranched alkanes of at least 4 members (excludes halogenated alkanes) is 2. The van der Waals surface area contributed by atoms with Crippen molar-refractivity contribution < 1.29 is 33.7 Å². The molecule has 0 rings (SSSR count). The first-order valence-corrected chi connectivity index (χ1v) is 7.24. The van der Waals surface area contributed by atoms with Crippen molar-refractivity contribution in [2.24, 2.45) is 0 Å². The van der Waals surface area contributed by atoms with Gasteiger partial charge in [0.1, 0.15) is 0 Å². The van der Waals surface area contributed by atoms with Gasteiger partial charge in [0.2, 0.25) is 0 Å². The Morgan fingerprint density at radius 2 is 1.45 bits per heavy atom. The molecule has 0 aromatic heterocycles. The van der Waals surface area contributed by atoms with Crippen LogP contribution in [0.15, 0.2) is 0 Å². The van der Waals surface area contributed by atoms with E-state index in [0.717, 1.165) is 26.4 Å². The first-order chi connectivity index (χ1) is 9.72. The second-order valence-electron chi connectivity index (χ2n) is 2.99. The summed E-state index contributed by atoms with van der Waals surface area (Å²) in [5, 5.41) is 0. The molecule has 0 aliphatic carbocycles. The fourth-order valence-corrected chi connectivity index (χ4v) is 2.35. The SMILES string of the molecule is C#CCCCCN([P]=[Fe])C(C)C.[C-]#[O+].[C-]#[O+].[C-]#[O+].[C-]#[O+]. The molecule has 0 aromatic rings. The van der Waals surface area contributed by atoms with Gasteiger partial charge < -0.3 is 0 Å². The van der Waals surface area contributed by atoms with E-state index in [0.29, 0.717) is 6.04 Å². The molecular weight excluding hydrogens is 321 g/mol. The molecule has 0 spiro atoms. The molecule has 0 aliphatic rings. The van der Waals surface area contributed by atoms with Crippen LogP contribution in [-0.4, -0.2) is 17.3 Å². The molecule has 0 fully saturated rings. The molecule has 5 nitrogen and oxygen atoms in total. The molecule has 0 N–H and O–H groups in total. The van der Waals surface area contributed by atoms with Gasteiger partial charge in [-0.3, -0.25) is 0 Å². The zero-order chi connectivity index (χ0) is 17.4. The summed E-state index contributed by atoms with van der Waals surface area (Å²) in [7, 11) is 0. The molecule has 0 radical (unpaired) electrons. The maximum atomic E-state index is 7.50. The van der Waals surface area contributed by atoms with Gasteiger partial charge in [0.15, 0.2) is 0 Å². The zero-order valence-electron chi connectivity index (χ0n) is 11.4. The van der Waals surface area contributed by atoms with Crippen LogP contribution in [0, 0.1) is 38.9 Å². The van der Waals surface area contributed by atoms with Gasteiger partial charge in [-0.25, -0.2) is 0 Å². The molecule has 0 atom stereocenters. The van der Waals surface area contributed by atoms with Crippen molar-refractivity contribution in [1.29, 1.82) is 0 Å². The van der Waals surface area contributed by atoms with Crippen molar-refractivity contribution >= 4 is 6.98 Å². The third-order valence-corrected chi connectivity index (χ3v) is 3.34. The van der Waals surface area contributed by atoms with Gasteiger partial charge in [0, 0.05) is 0 Å². The minimum atomic E-state index is 0.593. The second-order valence-corrected chi connectivity index (χ2v) is 4.31. The quantitative estimate of drug-likeness (QED) is 0.183. The van der Waals surface area contributed by atoms with E-state index in [1.54, 1.807) is 0 Å². The van der Waals surface area contributed by atoms with Gasteiger partial charge in [-0.2, -0.15) is 0 Å². The molecule has 0 saturated heterocycles. The number of terminal acetylenes is 1. The molecule has 0 amide bonds. The average molecular weight is 337 g/mol. The van der Waals surface area contributed by atoms with Crippen LogP contribution in [0.1, 0.15) is 33.1 Å². The first-order valence-electron chi connectivity index (χ1n) is 5.05. The van der Waals surface area contributed by atoms with Crippen LogP contribution in [0.2, 0.25) is 0 Å². The van der Waals surface area contributed by atoms with Gasteiger partial charge in [-0.15, -0.1) is 0 Å². The molecule has 0 saturated carbocycles. The van der Waals surface area contributed by atoms with E-state index >= 15 is 0 Å². The van der Waals surface area contributed by atoms with Crippen molar-refractivity contribution in [2.45, 2.75) is 39.2 Å². The number of hydrogen-bond donors (Lipinski definition) is 0. The van der Waals surface area contributed by atoms with Gasteiger partial charge in [0.25, 0.3) is 0 Å². The van der Waals surface area contributed by atoms with Crippen molar-refractivity contribution in [3.05, 3.63) is 26.6 Å². The van der Waals surface area contributed by atoms with Crippen LogP contribution in [0.4, 0.5) is 0 Å². The van der Waals surface area contributed by atoms with Gasteiger partial charge in [0.05, 0.1) is 0 Å². The Hall–Kier alpha value is -0.701. The maximum absolute atomic E-state index is 7.50. The Morgan fingerprint density at radius 3 is 1.70 bits per heavy atom. The average Bonchev–Trinajstić information content (AvgIpc) is 2.55. The zero-order valence-corrected chi connectivity index (χ0v) is 13.4. The van der Waals surface area contributed by atoms with Gasteiger partial charge in [-0.05, 0) is 0 Å². The van der Waals surface area contributed by atoms with E-state index in [2.05, 4.69) is 66.1 Å². The van der Waals surface area contributed by atoms with Gasteiger partial charge >= 0.3 is 130 Å². The third kappa shape index (κ3) is 36.0. The summed E-state index contributed by atoms with van der Waals surface area (Å²) in [6.07, 6.45) is 8.38. The molecule has 0 heterocycles. The van der Waals surface area contributed by atoms with Crippen LogP contribution in [-0.2, 0) is 33.7 Å². The normalized spacial score (nSPS) is 7.00. The Bertz CT molecular complexity index is 281. The summed E-state index contributed by atoms with van der Waals surface area (Å²) in [5.74, 6) is 2.65. The topological polar surface area (TPSA) is 82.8 Å². The fraction of sp³-hybridized carbons (Fsp3) is 0.538. The standard InChI is InChI=1S/C9H16NP.4CO.Fe/c1-4-5-6-7-8-10(11)9(2)3;4*1-2;/h1,9H,5-8H2,2-3H3;;;;;. The number of rotatable bonds is 6. The Kier molecular flexibility index (Phi) is 67.8. The van der Waals surface area contributed by atoms with Crippen LogP contribution >= 0.6 is 6.98 Å². The second kappa shape index (κ2) is 42.9. The Labute approximate surface area is 130 Å². The molecule has 0 aliphatic heterocycles. The van der Waals surface area contributed by atoms with E-state index in [9.17, 15) is 0 Å². The summed E-state index contributed by atoms with van der Waals surface area (Å²) in [6.45, 7) is 24.6. The Balaban J connectivity index is -0.0000000799. The summed E-state index contributed by atoms with van der Waals surface area (Å²) < 4.78 is 32.3. The van der Waals surface area contributed by atoms with Crippen molar-refractivity contribution in [3.8, 4) is 12.3 Å². The van der Waals surface area contributed by atoms with Crippen molar-refractivity contribution in [3.63, 3.8) is 0 Å². The number of nitrogens with zero attached hydrogens (tertiary/aromatic N) is 1. The molecule has 7 heteroatoms. The van der Waals surface area contributed by atoms with E-state index < -0.39 is 0 Å². The molecule has 110 valence electrons. The number of hydrogen-bond acceptors (Lipinski definition) is 1. The predicted molar refractivity (Wildman–Crippen MR) is 67.2 cm³/mol. The molecule has 0 unspecified atom stereocenters. The van der Waals surface area contributed by atoms with Gasteiger partial charge in [-0.1, -0.05) is 0 Å². The van der Waals surface area contributed by atoms with Crippen LogP contribution in [0.5, 0.6) is 0 Å². The van der Waals surface area contributed by atoms with E-state index in [4.69, 9.17) is 25.0 Å². The van der Waals surface area contributed by atoms with Crippen molar-refractivity contribution in [2.75, 3.05) is 6.54 Å². The summed E-state index contributed by atoms with van der Waals surface area (Å²) >= 11 is 3.86.